The van der Waals surface area contributed by atoms with Gasteiger partial charge in [0.15, 0.2) is 11.7 Å². The average Bonchev–Trinajstić information content (AvgIpc) is 2.92. The van der Waals surface area contributed by atoms with Gasteiger partial charge in [-0.2, -0.15) is 0 Å². The van der Waals surface area contributed by atoms with Gasteiger partial charge in [-0.3, -0.25) is 9.69 Å². The van der Waals surface area contributed by atoms with Crippen LogP contribution >= 0.6 is 12.2 Å². The van der Waals surface area contributed by atoms with E-state index in [-0.39, 0.29) is 36.6 Å². The van der Waals surface area contributed by atoms with E-state index in [2.05, 4.69) is 5.32 Å². The minimum Gasteiger partial charge on any atom is -0.491 e. The molecule has 218 valence electrons. The molecule has 0 aliphatic carbocycles. The van der Waals surface area contributed by atoms with E-state index in [1.54, 1.807) is 70.2 Å². The number of carbonyl (C=O) groups is 3. The lowest BCUT2D eigenvalue weighted by atomic mass is 9.92. The molecule has 10 heteroatoms. The summed E-state index contributed by atoms with van der Waals surface area (Å²) in [5.41, 5.74) is 2.22. The van der Waals surface area contributed by atoms with Gasteiger partial charge in [0.25, 0.3) is 5.91 Å². The summed E-state index contributed by atoms with van der Waals surface area (Å²) in [5, 5.41) is 3.13. The van der Waals surface area contributed by atoms with E-state index in [1.807, 2.05) is 26.0 Å². The molecule has 1 N–H and O–H groups in total. The molecule has 41 heavy (non-hydrogen) atoms. The Morgan fingerprint density at radius 2 is 1.63 bits per heavy atom. The molecule has 9 nitrogen and oxygen atoms in total. The second kappa shape index (κ2) is 14.5. The Labute approximate surface area is 246 Å². The molecule has 0 fully saturated rings. The van der Waals surface area contributed by atoms with E-state index in [0.29, 0.717) is 33.9 Å². The first-order chi connectivity index (χ1) is 19.6. The third-order valence-corrected chi connectivity index (χ3v) is 6.32. The average molecular weight is 581 g/mol. The Morgan fingerprint density at radius 3 is 2.29 bits per heavy atom. The van der Waals surface area contributed by atoms with Gasteiger partial charge in [-0.1, -0.05) is 36.4 Å². The molecule has 1 amide bonds. The van der Waals surface area contributed by atoms with Crippen molar-refractivity contribution in [3.8, 4) is 11.5 Å². The molecule has 1 unspecified atom stereocenters. The monoisotopic (exact) mass is 580 g/mol. The van der Waals surface area contributed by atoms with Crippen LogP contribution in [-0.2, 0) is 23.9 Å². The summed E-state index contributed by atoms with van der Waals surface area (Å²) in [4.78, 5) is 40.6. The molecule has 2 aromatic carbocycles. The molecule has 2 aromatic rings. The second-order valence-electron chi connectivity index (χ2n) is 9.43. The lowest BCUT2D eigenvalue weighted by molar-refractivity contribution is -0.145. The quantitative estimate of drug-likeness (QED) is 0.221. The van der Waals surface area contributed by atoms with Crippen molar-refractivity contribution in [2.24, 2.45) is 0 Å². The second-order valence-corrected chi connectivity index (χ2v) is 9.82. The number of para-hydroxylation sites is 2. The van der Waals surface area contributed by atoms with Crippen LogP contribution in [-0.4, -0.2) is 53.8 Å². The molecular formula is C31H36N2O7S. The van der Waals surface area contributed by atoms with Crippen molar-refractivity contribution in [3.05, 3.63) is 76.5 Å². The van der Waals surface area contributed by atoms with Gasteiger partial charge in [-0.25, -0.2) is 9.59 Å². The van der Waals surface area contributed by atoms with Crippen molar-refractivity contribution < 1.29 is 33.3 Å². The van der Waals surface area contributed by atoms with Gasteiger partial charge in [-0.15, -0.1) is 0 Å². The van der Waals surface area contributed by atoms with Crippen molar-refractivity contribution in [2.75, 3.05) is 19.8 Å². The smallest absolute Gasteiger partial charge is 0.344 e. The fraction of sp³-hybridized carbons (Fsp3) is 0.355. The maximum atomic E-state index is 14.1. The number of benzene rings is 2. The summed E-state index contributed by atoms with van der Waals surface area (Å²) in [6.45, 7) is 10.7. The first-order valence-electron chi connectivity index (χ1n) is 13.4. The molecule has 3 rings (SSSR count). The minimum atomic E-state index is -0.913. The Morgan fingerprint density at radius 1 is 1.00 bits per heavy atom. The number of hydrogen-bond donors (Lipinski definition) is 1. The van der Waals surface area contributed by atoms with E-state index in [4.69, 9.17) is 31.2 Å². The number of carbonyl (C=O) groups excluding carboxylic acids is 3. The Balaban J connectivity index is 2.09. The SMILES string of the molecule is CCOC(=O)COc1ccccc1C=C(C)C(=O)N1C(=S)NC(C)=C(C(=O)OCC)C1c1ccccc1OC(C)C. The van der Waals surface area contributed by atoms with Gasteiger partial charge < -0.3 is 24.3 Å². The van der Waals surface area contributed by atoms with Gasteiger partial charge in [0.05, 0.1) is 24.9 Å². The third-order valence-electron chi connectivity index (χ3n) is 6.02. The first-order valence-corrected chi connectivity index (χ1v) is 13.8. The zero-order chi connectivity index (χ0) is 30.1. The number of nitrogens with one attached hydrogen (secondary N) is 1. The fourth-order valence-corrected chi connectivity index (χ4v) is 4.68. The molecule has 0 saturated carbocycles. The molecule has 0 bridgehead atoms. The lowest BCUT2D eigenvalue weighted by Gasteiger charge is -2.39. The van der Waals surface area contributed by atoms with Crippen molar-refractivity contribution in [2.45, 2.75) is 53.7 Å². The predicted octanol–water partition coefficient (Wildman–Crippen LogP) is 5.11. The molecule has 0 spiro atoms. The van der Waals surface area contributed by atoms with Gasteiger partial charge in [0.2, 0.25) is 0 Å². The standard InChI is InChI=1S/C31H36N2O7S/c1-7-37-26(34)18-39-24-15-11-9-13-22(24)17-20(5)29(35)33-28(23-14-10-12-16-25(23)40-19(3)4)27(30(36)38-8-2)21(6)32-31(33)41/h9-17,19,28H,7-8,18H2,1-6H3,(H,32,41). The number of hydrogen-bond acceptors (Lipinski definition) is 8. The summed E-state index contributed by atoms with van der Waals surface area (Å²) in [5.74, 6) is -0.586. The number of rotatable bonds is 11. The van der Waals surface area contributed by atoms with Crippen LogP contribution in [0.3, 0.4) is 0 Å². The van der Waals surface area contributed by atoms with Crippen LogP contribution in [0.1, 0.15) is 58.7 Å². The number of esters is 2. The summed E-state index contributed by atoms with van der Waals surface area (Å²) < 4.78 is 22.1. The van der Waals surface area contributed by atoms with E-state index in [0.717, 1.165) is 0 Å². The van der Waals surface area contributed by atoms with Gasteiger partial charge in [-0.05, 0) is 72.0 Å². The van der Waals surface area contributed by atoms with E-state index in [1.165, 1.54) is 4.90 Å². The van der Waals surface area contributed by atoms with Crippen molar-refractivity contribution in [1.82, 2.24) is 10.2 Å². The van der Waals surface area contributed by atoms with Crippen LogP contribution < -0.4 is 14.8 Å². The Kier molecular flexibility index (Phi) is 11.0. The van der Waals surface area contributed by atoms with Crippen LogP contribution in [0.15, 0.2) is 65.4 Å². The molecule has 0 aromatic heterocycles. The highest BCUT2D eigenvalue weighted by molar-refractivity contribution is 7.80. The largest absolute Gasteiger partial charge is 0.491 e. The Hall–Kier alpha value is -4.18. The normalized spacial score (nSPS) is 15.4. The maximum Gasteiger partial charge on any atom is 0.344 e. The maximum absolute atomic E-state index is 14.1. The highest BCUT2D eigenvalue weighted by Gasteiger charge is 2.41. The van der Waals surface area contributed by atoms with Crippen LogP contribution in [0.5, 0.6) is 11.5 Å². The molecule has 1 atom stereocenters. The topological polar surface area (TPSA) is 103 Å². The van der Waals surface area contributed by atoms with Gasteiger partial charge in [0.1, 0.15) is 17.5 Å². The zero-order valence-electron chi connectivity index (χ0n) is 24.2. The summed E-state index contributed by atoms with van der Waals surface area (Å²) in [7, 11) is 0. The fourth-order valence-electron chi connectivity index (χ4n) is 4.34. The van der Waals surface area contributed by atoms with Crippen molar-refractivity contribution >= 4 is 41.3 Å². The molecule has 1 aliphatic heterocycles. The third kappa shape index (κ3) is 7.73. The summed E-state index contributed by atoms with van der Waals surface area (Å²) >= 11 is 5.66. The van der Waals surface area contributed by atoms with E-state index >= 15 is 0 Å². The van der Waals surface area contributed by atoms with Crippen molar-refractivity contribution in [3.63, 3.8) is 0 Å². The number of amides is 1. The highest BCUT2D eigenvalue weighted by atomic mass is 32.1. The number of ether oxygens (including phenoxy) is 4. The summed E-state index contributed by atoms with van der Waals surface area (Å²) in [6.07, 6.45) is 1.49. The zero-order valence-corrected chi connectivity index (χ0v) is 25.0. The van der Waals surface area contributed by atoms with Gasteiger partial charge in [0, 0.05) is 22.4 Å². The van der Waals surface area contributed by atoms with Crippen LogP contribution in [0.4, 0.5) is 0 Å². The minimum absolute atomic E-state index is 0.129. The first kappa shape index (κ1) is 31.3. The summed E-state index contributed by atoms with van der Waals surface area (Å²) in [6, 6.07) is 13.3. The highest BCUT2D eigenvalue weighted by Crippen LogP contribution is 2.40. The molecule has 1 heterocycles. The van der Waals surface area contributed by atoms with E-state index < -0.39 is 23.9 Å². The molecular weight excluding hydrogens is 544 g/mol. The molecule has 0 saturated heterocycles. The number of nitrogens with zero attached hydrogens (tertiary/aromatic N) is 1. The van der Waals surface area contributed by atoms with E-state index in [9.17, 15) is 14.4 Å². The molecule has 0 radical (unpaired) electrons. The lowest BCUT2D eigenvalue weighted by Crippen LogP contribution is -2.51. The van der Waals surface area contributed by atoms with Crippen molar-refractivity contribution in [1.29, 1.82) is 0 Å². The van der Waals surface area contributed by atoms with Crippen LogP contribution in [0.25, 0.3) is 6.08 Å². The molecule has 1 aliphatic rings. The predicted molar refractivity (Wildman–Crippen MR) is 159 cm³/mol. The van der Waals surface area contributed by atoms with Crippen LogP contribution in [0.2, 0.25) is 0 Å². The number of thiocarbonyl (C=S) groups is 1. The van der Waals surface area contributed by atoms with Crippen LogP contribution in [0, 0.1) is 0 Å². The van der Waals surface area contributed by atoms with Gasteiger partial charge >= 0.3 is 11.9 Å². The Bertz CT molecular complexity index is 1370. The number of allylic oxidation sites excluding steroid dienone is 1.